The average molecular weight is 187 g/mol. The summed E-state index contributed by atoms with van der Waals surface area (Å²) < 4.78 is 0. The van der Waals surface area contributed by atoms with Gasteiger partial charge in [-0.1, -0.05) is 43.5 Å². The van der Waals surface area contributed by atoms with Gasteiger partial charge in [0.2, 0.25) is 0 Å². The first-order chi connectivity index (χ1) is 6.79. The lowest BCUT2D eigenvalue weighted by molar-refractivity contribution is 1.34. The molecule has 0 aliphatic heterocycles. The van der Waals surface area contributed by atoms with Crippen LogP contribution in [0.2, 0.25) is 0 Å². The van der Waals surface area contributed by atoms with E-state index in [0.717, 1.165) is 11.3 Å². The number of aliphatic imine (C=N–C) groups is 1. The first-order valence-corrected chi connectivity index (χ1v) is 4.57. The van der Waals surface area contributed by atoms with E-state index in [1.54, 1.807) is 18.4 Å². The lowest BCUT2D eigenvalue weighted by Gasteiger charge is -2.00. The van der Waals surface area contributed by atoms with Gasteiger partial charge in [-0.3, -0.25) is 4.99 Å². The quantitative estimate of drug-likeness (QED) is 0.458. The maximum atomic E-state index is 4.25. The number of nitrogens with zero attached hydrogens (tertiary/aromatic N) is 1. The molecule has 0 aromatic carbocycles. The summed E-state index contributed by atoms with van der Waals surface area (Å²) in [7, 11) is 0. The van der Waals surface area contributed by atoms with Crippen molar-refractivity contribution in [3.8, 4) is 0 Å². The molecule has 74 valence electrons. The SMILES string of the molecule is C=C/C=C(/C=C\C)C(=C/C=C)\N=CC. The Bertz CT molecular complexity index is 269. The molecule has 0 unspecified atom stereocenters. The van der Waals surface area contributed by atoms with Gasteiger partial charge in [-0.2, -0.15) is 0 Å². The first kappa shape index (κ1) is 12.4. The third kappa shape index (κ3) is 4.41. The van der Waals surface area contributed by atoms with Crippen LogP contribution in [0.1, 0.15) is 13.8 Å². The van der Waals surface area contributed by atoms with Gasteiger partial charge in [0.05, 0.1) is 5.70 Å². The summed E-state index contributed by atoms with van der Waals surface area (Å²) in [6.07, 6.45) is 13.0. The number of allylic oxidation sites excluding steroid dienone is 6. The molecular formula is C13H17N. The highest BCUT2D eigenvalue weighted by Crippen LogP contribution is 2.13. The lowest BCUT2D eigenvalue weighted by Crippen LogP contribution is -1.83. The Labute approximate surface area is 86.6 Å². The minimum Gasteiger partial charge on any atom is -0.261 e. The summed E-state index contributed by atoms with van der Waals surface area (Å²) in [5.41, 5.74) is 1.92. The predicted molar refractivity (Wildman–Crippen MR) is 65.5 cm³/mol. The number of hydrogen-bond acceptors (Lipinski definition) is 1. The van der Waals surface area contributed by atoms with Gasteiger partial charge in [-0.25, -0.2) is 0 Å². The summed E-state index contributed by atoms with van der Waals surface area (Å²) in [6, 6.07) is 0. The zero-order chi connectivity index (χ0) is 10.8. The van der Waals surface area contributed by atoms with Crippen molar-refractivity contribution in [1.82, 2.24) is 0 Å². The van der Waals surface area contributed by atoms with Crippen molar-refractivity contribution in [2.45, 2.75) is 13.8 Å². The van der Waals surface area contributed by atoms with Crippen molar-refractivity contribution >= 4 is 6.21 Å². The monoisotopic (exact) mass is 187 g/mol. The molecule has 0 amide bonds. The fraction of sp³-hybridized carbons (Fsp3) is 0.154. The van der Waals surface area contributed by atoms with Crippen LogP contribution in [0.4, 0.5) is 0 Å². The van der Waals surface area contributed by atoms with E-state index in [4.69, 9.17) is 0 Å². The van der Waals surface area contributed by atoms with Crippen LogP contribution >= 0.6 is 0 Å². The molecule has 0 fully saturated rings. The van der Waals surface area contributed by atoms with Gasteiger partial charge >= 0.3 is 0 Å². The zero-order valence-corrected chi connectivity index (χ0v) is 8.90. The molecule has 0 heterocycles. The van der Waals surface area contributed by atoms with E-state index in [2.05, 4.69) is 18.2 Å². The molecule has 0 rings (SSSR count). The van der Waals surface area contributed by atoms with Crippen molar-refractivity contribution in [2.24, 2.45) is 4.99 Å². The van der Waals surface area contributed by atoms with Gasteiger partial charge in [0.1, 0.15) is 0 Å². The van der Waals surface area contributed by atoms with Gasteiger partial charge in [-0.05, 0) is 25.5 Å². The molecule has 1 nitrogen and oxygen atoms in total. The van der Waals surface area contributed by atoms with Gasteiger partial charge in [-0.15, -0.1) is 0 Å². The van der Waals surface area contributed by atoms with E-state index in [9.17, 15) is 0 Å². The molecule has 0 saturated carbocycles. The molecule has 0 saturated heterocycles. The lowest BCUT2D eigenvalue weighted by atomic mass is 10.1. The molecule has 0 radical (unpaired) electrons. The summed E-state index contributed by atoms with van der Waals surface area (Å²) in [6.45, 7) is 11.2. The molecule has 0 atom stereocenters. The Balaban J connectivity index is 5.12. The van der Waals surface area contributed by atoms with Crippen LogP contribution in [0.15, 0.2) is 65.9 Å². The standard InChI is InChI=1S/C13H17N/c1-5-9-12(10-6-2)13(11-7-3)14-8-4/h5-11H,1,3H2,2,4H3/b10-6-,12-9-,13-11+,14-8?. The topological polar surface area (TPSA) is 12.4 Å². The Morgan fingerprint density at radius 3 is 2.14 bits per heavy atom. The largest absolute Gasteiger partial charge is 0.261 e. The van der Waals surface area contributed by atoms with E-state index in [0.29, 0.717) is 0 Å². The first-order valence-electron chi connectivity index (χ1n) is 4.57. The van der Waals surface area contributed by atoms with Crippen molar-refractivity contribution in [2.75, 3.05) is 0 Å². The Kier molecular flexibility index (Phi) is 7.06. The second-order valence-electron chi connectivity index (χ2n) is 2.53. The summed E-state index contributed by atoms with van der Waals surface area (Å²) in [5.74, 6) is 0. The van der Waals surface area contributed by atoms with Crippen LogP contribution in [0.25, 0.3) is 0 Å². The fourth-order valence-electron chi connectivity index (χ4n) is 0.997. The van der Waals surface area contributed by atoms with Crippen LogP contribution < -0.4 is 0 Å². The molecule has 0 aliphatic carbocycles. The zero-order valence-electron chi connectivity index (χ0n) is 8.90. The Hall–Kier alpha value is -1.63. The van der Waals surface area contributed by atoms with Gasteiger partial charge < -0.3 is 0 Å². The highest BCUT2D eigenvalue weighted by molar-refractivity contribution is 5.58. The summed E-state index contributed by atoms with van der Waals surface area (Å²) >= 11 is 0. The van der Waals surface area contributed by atoms with Crippen molar-refractivity contribution < 1.29 is 0 Å². The van der Waals surface area contributed by atoms with E-state index in [-0.39, 0.29) is 0 Å². The molecule has 14 heavy (non-hydrogen) atoms. The molecule has 0 spiro atoms. The van der Waals surface area contributed by atoms with E-state index >= 15 is 0 Å². The maximum absolute atomic E-state index is 4.25. The molecule has 0 aromatic rings. The van der Waals surface area contributed by atoms with Crippen LogP contribution in [-0.2, 0) is 0 Å². The van der Waals surface area contributed by atoms with Gasteiger partial charge in [0.25, 0.3) is 0 Å². The molecule has 0 aliphatic rings. The van der Waals surface area contributed by atoms with Crippen molar-refractivity contribution in [3.05, 3.63) is 60.9 Å². The molecule has 1 heteroatoms. The second kappa shape index (κ2) is 7.99. The normalized spacial score (nSPS) is 13.9. The van der Waals surface area contributed by atoms with Crippen LogP contribution in [0.5, 0.6) is 0 Å². The van der Waals surface area contributed by atoms with Crippen LogP contribution in [0, 0.1) is 0 Å². The van der Waals surface area contributed by atoms with Gasteiger partial charge in [0.15, 0.2) is 0 Å². The number of hydrogen-bond donors (Lipinski definition) is 0. The molecule has 0 bridgehead atoms. The van der Waals surface area contributed by atoms with E-state index < -0.39 is 0 Å². The van der Waals surface area contributed by atoms with Crippen LogP contribution in [-0.4, -0.2) is 6.21 Å². The Morgan fingerprint density at radius 2 is 1.71 bits per heavy atom. The van der Waals surface area contributed by atoms with Crippen molar-refractivity contribution in [3.63, 3.8) is 0 Å². The molecule has 0 aromatic heterocycles. The highest BCUT2D eigenvalue weighted by atomic mass is 14.7. The second-order valence-corrected chi connectivity index (χ2v) is 2.53. The van der Waals surface area contributed by atoms with E-state index in [1.807, 2.05) is 38.2 Å². The third-order valence-corrected chi connectivity index (χ3v) is 1.48. The summed E-state index contributed by atoms with van der Waals surface area (Å²) in [4.78, 5) is 4.25. The summed E-state index contributed by atoms with van der Waals surface area (Å²) in [5, 5.41) is 0. The van der Waals surface area contributed by atoms with Crippen molar-refractivity contribution in [1.29, 1.82) is 0 Å². The smallest absolute Gasteiger partial charge is 0.0697 e. The van der Waals surface area contributed by atoms with Crippen LogP contribution in [0.3, 0.4) is 0 Å². The minimum absolute atomic E-state index is 0.889. The fourth-order valence-corrected chi connectivity index (χ4v) is 0.997. The van der Waals surface area contributed by atoms with Gasteiger partial charge in [0, 0.05) is 6.21 Å². The third-order valence-electron chi connectivity index (χ3n) is 1.48. The highest BCUT2D eigenvalue weighted by Gasteiger charge is 1.96. The minimum atomic E-state index is 0.889. The van der Waals surface area contributed by atoms with E-state index in [1.165, 1.54) is 0 Å². The predicted octanol–water partition coefficient (Wildman–Crippen LogP) is 3.84. The Morgan fingerprint density at radius 1 is 1.07 bits per heavy atom. The maximum Gasteiger partial charge on any atom is 0.0697 e. The molecular weight excluding hydrogens is 170 g/mol. The average Bonchev–Trinajstić information content (AvgIpc) is 2.17. The number of rotatable bonds is 5. The molecule has 0 N–H and O–H groups in total.